The molecule has 0 saturated carbocycles. The van der Waals surface area contributed by atoms with E-state index in [1.807, 2.05) is 6.07 Å². The molecule has 3 N–H and O–H groups in total. The molecule has 1 heterocycles. The quantitative estimate of drug-likeness (QED) is 0.673. The van der Waals surface area contributed by atoms with Crippen molar-refractivity contribution >= 4 is 44.4 Å². The van der Waals surface area contributed by atoms with Crippen LogP contribution in [0.5, 0.6) is 0 Å². The third-order valence-electron chi connectivity index (χ3n) is 2.86. The number of fused-ring (bicyclic) bond motifs is 1. The number of nitriles is 1. The van der Waals surface area contributed by atoms with Gasteiger partial charge in [0, 0.05) is 5.69 Å². The highest BCUT2D eigenvalue weighted by molar-refractivity contribution is 9.10. The van der Waals surface area contributed by atoms with Gasteiger partial charge in [-0.25, -0.2) is 9.37 Å². The maximum absolute atomic E-state index is 14.2. The summed E-state index contributed by atoms with van der Waals surface area (Å²) in [5, 5.41) is 9.42. The summed E-state index contributed by atoms with van der Waals surface area (Å²) in [6.45, 7) is 0. The number of H-pyrrole nitrogens is 1. The third-order valence-corrected chi connectivity index (χ3v) is 4.56. The van der Waals surface area contributed by atoms with Crippen LogP contribution in [-0.2, 0) is 0 Å². The zero-order chi connectivity index (χ0) is 15.0. The number of nitrogen functional groups attached to an aromatic ring is 1. The Balaban J connectivity index is 1.99. The molecule has 0 aliphatic heterocycles. The van der Waals surface area contributed by atoms with Crippen molar-refractivity contribution in [3.63, 3.8) is 0 Å². The largest absolute Gasteiger partial charge is 0.399 e. The first-order chi connectivity index (χ1) is 10.1. The van der Waals surface area contributed by atoms with Gasteiger partial charge in [-0.05, 0) is 58.0 Å². The number of nitrogens with two attached hydrogens (primary N) is 1. The highest BCUT2D eigenvalue weighted by atomic mass is 79.9. The number of hydrogen-bond acceptors (Lipinski definition) is 4. The van der Waals surface area contributed by atoms with Gasteiger partial charge in [0.1, 0.15) is 6.07 Å². The summed E-state index contributed by atoms with van der Waals surface area (Å²) in [4.78, 5) is 7.83. The van der Waals surface area contributed by atoms with Gasteiger partial charge in [0.15, 0.2) is 11.0 Å². The summed E-state index contributed by atoms with van der Waals surface area (Å²) in [7, 11) is 0. The Bertz CT molecular complexity index is 885. The van der Waals surface area contributed by atoms with E-state index >= 15 is 0 Å². The molecule has 21 heavy (non-hydrogen) atoms. The lowest BCUT2D eigenvalue weighted by Crippen LogP contribution is -1.88. The van der Waals surface area contributed by atoms with E-state index in [2.05, 4.69) is 25.9 Å². The van der Waals surface area contributed by atoms with Crippen molar-refractivity contribution in [1.29, 1.82) is 5.26 Å². The molecule has 0 aliphatic carbocycles. The van der Waals surface area contributed by atoms with Crippen LogP contribution in [0.15, 0.2) is 44.9 Å². The van der Waals surface area contributed by atoms with Crippen LogP contribution in [0.4, 0.5) is 10.1 Å². The summed E-state index contributed by atoms with van der Waals surface area (Å²) in [6, 6.07) is 10.4. The van der Waals surface area contributed by atoms with E-state index < -0.39 is 5.82 Å². The molecule has 1 aromatic heterocycles. The fraction of sp³-hybridized carbons (Fsp3) is 0. The number of imidazole rings is 1. The monoisotopic (exact) mass is 362 g/mol. The second-order valence-electron chi connectivity index (χ2n) is 4.27. The van der Waals surface area contributed by atoms with Crippen LogP contribution in [0, 0.1) is 17.1 Å². The minimum Gasteiger partial charge on any atom is -0.399 e. The molecule has 2 aromatic carbocycles. The number of anilines is 1. The summed E-state index contributed by atoms with van der Waals surface area (Å²) < 4.78 is 14.3. The molecular formula is C14H8BrFN4S. The number of nitrogens with zero attached hydrogens (tertiary/aromatic N) is 2. The highest BCUT2D eigenvalue weighted by Gasteiger charge is 2.14. The Morgan fingerprint density at radius 2 is 2.14 bits per heavy atom. The van der Waals surface area contributed by atoms with E-state index in [0.29, 0.717) is 15.7 Å². The minimum atomic E-state index is -0.473. The molecule has 4 nitrogen and oxygen atoms in total. The summed E-state index contributed by atoms with van der Waals surface area (Å²) in [5.41, 5.74) is 8.16. The zero-order valence-corrected chi connectivity index (χ0v) is 12.9. The van der Waals surface area contributed by atoms with E-state index in [4.69, 9.17) is 11.0 Å². The number of aromatic amines is 1. The number of halogens is 2. The second-order valence-corrected chi connectivity index (χ2v) is 6.10. The Hall–Kier alpha value is -2.04. The molecule has 3 aromatic rings. The zero-order valence-electron chi connectivity index (χ0n) is 10.5. The molecule has 0 fully saturated rings. The van der Waals surface area contributed by atoms with Crippen LogP contribution < -0.4 is 5.73 Å². The second kappa shape index (κ2) is 5.39. The van der Waals surface area contributed by atoms with Gasteiger partial charge in [-0.3, -0.25) is 0 Å². The van der Waals surface area contributed by atoms with Crippen LogP contribution in [0.3, 0.4) is 0 Å². The SMILES string of the molecule is N#Cc1ccc(Sc2nc3ccc(N)cc3[nH]2)c(F)c1Br. The fourth-order valence-corrected chi connectivity index (χ4v) is 3.26. The predicted molar refractivity (Wildman–Crippen MR) is 83.4 cm³/mol. The van der Waals surface area contributed by atoms with Crippen LogP contribution in [0.1, 0.15) is 5.56 Å². The van der Waals surface area contributed by atoms with Gasteiger partial charge in [-0.1, -0.05) is 0 Å². The Morgan fingerprint density at radius 3 is 2.90 bits per heavy atom. The first-order valence-corrected chi connectivity index (χ1v) is 7.50. The molecule has 0 spiro atoms. The first kappa shape index (κ1) is 13.9. The van der Waals surface area contributed by atoms with Crippen LogP contribution in [0.25, 0.3) is 11.0 Å². The standard InChI is InChI=1S/C14H8BrFN4S/c15-12-7(6-17)1-4-11(13(12)16)21-14-19-9-3-2-8(18)5-10(9)20-14/h1-5H,18H2,(H,19,20). The number of aromatic nitrogens is 2. The van der Waals surface area contributed by atoms with Gasteiger partial charge in [0.2, 0.25) is 0 Å². The number of hydrogen-bond donors (Lipinski definition) is 2. The van der Waals surface area contributed by atoms with E-state index in [1.54, 1.807) is 30.3 Å². The summed E-state index contributed by atoms with van der Waals surface area (Å²) in [5.74, 6) is -0.473. The van der Waals surface area contributed by atoms with Gasteiger partial charge in [-0.2, -0.15) is 5.26 Å². The lowest BCUT2D eigenvalue weighted by molar-refractivity contribution is 0.594. The van der Waals surface area contributed by atoms with Crippen LogP contribution in [-0.4, -0.2) is 9.97 Å². The predicted octanol–water partition coefficient (Wildman–Crippen LogP) is 4.07. The average molecular weight is 363 g/mol. The van der Waals surface area contributed by atoms with Gasteiger partial charge in [0.05, 0.1) is 26.0 Å². The Morgan fingerprint density at radius 1 is 1.33 bits per heavy atom. The molecule has 0 unspecified atom stereocenters. The van der Waals surface area contributed by atoms with Crippen LogP contribution in [0.2, 0.25) is 0 Å². The molecule has 104 valence electrons. The number of rotatable bonds is 2. The molecule has 0 amide bonds. The van der Waals surface area contributed by atoms with E-state index in [9.17, 15) is 4.39 Å². The van der Waals surface area contributed by atoms with Crippen molar-refractivity contribution in [3.8, 4) is 6.07 Å². The molecule has 7 heteroatoms. The molecule has 3 rings (SSSR count). The maximum Gasteiger partial charge on any atom is 0.171 e. The highest BCUT2D eigenvalue weighted by Crippen LogP contribution is 2.34. The smallest absolute Gasteiger partial charge is 0.171 e. The molecule has 0 bridgehead atoms. The normalized spacial score (nSPS) is 10.7. The van der Waals surface area contributed by atoms with Gasteiger partial charge in [0.25, 0.3) is 0 Å². The molecular weight excluding hydrogens is 355 g/mol. The van der Waals surface area contributed by atoms with Crippen molar-refractivity contribution in [3.05, 3.63) is 46.2 Å². The van der Waals surface area contributed by atoms with Gasteiger partial charge in [-0.15, -0.1) is 0 Å². The third kappa shape index (κ3) is 2.60. The van der Waals surface area contributed by atoms with Crippen molar-refractivity contribution in [2.24, 2.45) is 0 Å². The first-order valence-electron chi connectivity index (χ1n) is 5.89. The Kier molecular flexibility index (Phi) is 3.57. The Labute approximate surface area is 132 Å². The molecule has 0 saturated heterocycles. The lowest BCUT2D eigenvalue weighted by Gasteiger charge is -2.03. The van der Waals surface area contributed by atoms with E-state index in [0.717, 1.165) is 22.8 Å². The molecule has 0 atom stereocenters. The maximum atomic E-state index is 14.2. The summed E-state index contributed by atoms with van der Waals surface area (Å²) in [6.07, 6.45) is 0. The number of benzene rings is 2. The molecule has 0 aliphatic rings. The van der Waals surface area contributed by atoms with Crippen molar-refractivity contribution in [1.82, 2.24) is 9.97 Å². The lowest BCUT2D eigenvalue weighted by atomic mass is 10.2. The van der Waals surface area contributed by atoms with Gasteiger partial charge < -0.3 is 10.7 Å². The van der Waals surface area contributed by atoms with Gasteiger partial charge >= 0.3 is 0 Å². The average Bonchev–Trinajstić information content (AvgIpc) is 2.85. The van der Waals surface area contributed by atoms with Crippen molar-refractivity contribution < 1.29 is 4.39 Å². The van der Waals surface area contributed by atoms with Crippen LogP contribution >= 0.6 is 27.7 Å². The van der Waals surface area contributed by atoms with E-state index in [1.165, 1.54) is 0 Å². The fourth-order valence-electron chi connectivity index (χ4n) is 1.85. The summed E-state index contributed by atoms with van der Waals surface area (Å²) >= 11 is 4.25. The van der Waals surface area contributed by atoms with E-state index in [-0.39, 0.29) is 10.0 Å². The topological polar surface area (TPSA) is 78.5 Å². The molecule has 0 radical (unpaired) electrons. The van der Waals surface area contributed by atoms with Crippen molar-refractivity contribution in [2.45, 2.75) is 10.1 Å². The minimum absolute atomic E-state index is 0.162. The van der Waals surface area contributed by atoms with Crippen molar-refractivity contribution in [2.75, 3.05) is 5.73 Å². The number of nitrogens with one attached hydrogen (secondary N) is 1.